The van der Waals surface area contributed by atoms with Gasteiger partial charge in [-0.3, -0.25) is 0 Å². The smallest absolute Gasteiger partial charge is 0.349 e. The lowest BCUT2D eigenvalue weighted by Crippen LogP contribution is -2.19. The highest BCUT2D eigenvalue weighted by Crippen LogP contribution is 2.32. The minimum Gasteiger partial charge on any atom is -0.508 e. The fourth-order valence-corrected chi connectivity index (χ4v) is 5.00. The highest BCUT2D eigenvalue weighted by Gasteiger charge is 2.23. The summed E-state index contributed by atoms with van der Waals surface area (Å²) < 4.78 is 36.2. The van der Waals surface area contributed by atoms with E-state index in [1.807, 2.05) is 30.3 Å². The minimum absolute atomic E-state index is 0.0171. The zero-order valence-corrected chi connectivity index (χ0v) is 20.7. The highest BCUT2D eigenvalue weighted by molar-refractivity contribution is 7.91. The maximum atomic E-state index is 12.7. The van der Waals surface area contributed by atoms with Crippen LogP contribution in [0.5, 0.6) is 17.2 Å². The summed E-state index contributed by atoms with van der Waals surface area (Å²) in [6.45, 7) is 3.94. The van der Waals surface area contributed by atoms with E-state index in [-0.39, 0.29) is 27.6 Å². The number of hydrogen-bond donors (Lipinski definition) is 1. The molecule has 4 aromatic rings. The molecule has 0 fully saturated rings. The number of rotatable bonds is 8. The first-order valence-electron chi connectivity index (χ1n) is 11.3. The van der Waals surface area contributed by atoms with Gasteiger partial charge in [-0.2, -0.15) is 0 Å². The molecule has 0 heterocycles. The Morgan fingerprint density at radius 3 is 1.81 bits per heavy atom. The van der Waals surface area contributed by atoms with E-state index in [0.717, 1.165) is 5.56 Å². The summed E-state index contributed by atoms with van der Waals surface area (Å²) in [5, 5.41) is 9.36. The lowest BCUT2D eigenvalue weighted by Gasteiger charge is -2.26. The van der Waals surface area contributed by atoms with E-state index in [4.69, 9.17) is 9.47 Å². The second-order valence-corrected chi connectivity index (χ2v) is 10.7. The van der Waals surface area contributed by atoms with Crippen LogP contribution >= 0.6 is 0 Å². The van der Waals surface area contributed by atoms with Crippen LogP contribution in [0.1, 0.15) is 25.0 Å². The number of benzene rings is 4. The van der Waals surface area contributed by atoms with Crippen molar-refractivity contribution in [1.82, 2.24) is 0 Å². The Balaban J connectivity index is 1.34. The predicted octanol–water partition coefficient (Wildman–Crippen LogP) is 5.54. The number of hydrogen-bond acceptors (Lipinski definition) is 6. The third kappa shape index (κ3) is 5.58. The number of carbonyl (C=O) groups excluding carboxylic acids is 1. The van der Waals surface area contributed by atoms with Crippen molar-refractivity contribution in [2.24, 2.45) is 0 Å². The van der Waals surface area contributed by atoms with Gasteiger partial charge in [0, 0.05) is 5.41 Å². The number of aromatic hydroxyl groups is 1. The van der Waals surface area contributed by atoms with Crippen LogP contribution in [0.25, 0.3) is 0 Å². The van der Waals surface area contributed by atoms with Crippen LogP contribution in [0, 0.1) is 0 Å². The zero-order chi connectivity index (χ0) is 25.8. The first-order valence-corrected chi connectivity index (χ1v) is 12.8. The number of ether oxygens (including phenoxy) is 2. The molecule has 4 rings (SSSR count). The Bertz CT molecular complexity index is 1420. The van der Waals surface area contributed by atoms with Gasteiger partial charge in [0.1, 0.15) is 17.2 Å². The van der Waals surface area contributed by atoms with Crippen LogP contribution in [0.2, 0.25) is 0 Å². The van der Waals surface area contributed by atoms with Gasteiger partial charge in [0.15, 0.2) is 6.61 Å². The molecule has 0 spiro atoms. The first kappa shape index (κ1) is 25.0. The SMILES string of the molecule is CC(C)(c1ccccc1)c1ccc(OC(=O)COc2ccc(S(=O)(=O)c3ccc(O)cc3)cc2)cc1. The van der Waals surface area contributed by atoms with Crippen molar-refractivity contribution in [2.75, 3.05) is 6.61 Å². The second-order valence-electron chi connectivity index (χ2n) is 8.75. The van der Waals surface area contributed by atoms with Crippen molar-refractivity contribution in [2.45, 2.75) is 29.1 Å². The first-order chi connectivity index (χ1) is 17.2. The van der Waals surface area contributed by atoms with Gasteiger partial charge >= 0.3 is 5.97 Å². The van der Waals surface area contributed by atoms with Crippen molar-refractivity contribution in [3.63, 3.8) is 0 Å². The van der Waals surface area contributed by atoms with Crippen LogP contribution < -0.4 is 9.47 Å². The standard InChI is InChI=1S/C29H26O6S/c1-29(2,21-6-4-3-5-7-21)22-8-12-25(13-9-22)35-28(31)20-34-24-14-18-27(19-15-24)36(32,33)26-16-10-23(30)11-17-26/h3-19,30H,20H2,1-2H3. The van der Waals surface area contributed by atoms with Gasteiger partial charge in [0.25, 0.3) is 0 Å². The Hall–Kier alpha value is -4.10. The Morgan fingerprint density at radius 2 is 1.22 bits per heavy atom. The molecule has 0 saturated heterocycles. The normalized spacial score (nSPS) is 11.6. The van der Waals surface area contributed by atoms with E-state index in [0.29, 0.717) is 11.5 Å². The van der Waals surface area contributed by atoms with E-state index < -0.39 is 15.8 Å². The summed E-state index contributed by atoms with van der Waals surface area (Å²) in [6, 6.07) is 28.6. The molecule has 4 aromatic carbocycles. The van der Waals surface area contributed by atoms with Crippen LogP contribution in [0.15, 0.2) is 113 Å². The number of phenolic OH excluding ortho intramolecular Hbond substituents is 1. The molecule has 1 N–H and O–H groups in total. The number of phenols is 1. The van der Waals surface area contributed by atoms with E-state index in [2.05, 4.69) is 26.0 Å². The number of esters is 1. The lowest BCUT2D eigenvalue weighted by molar-refractivity contribution is -0.136. The largest absolute Gasteiger partial charge is 0.508 e. The molecular formula is C29H26O6S. The Morgan fingerprint density at radius 1 is 0.722 bits per heavy atom. The van der Waals surface area contributed by atoms with Crippen molar-refractivity contribution in [3.8, 4) is 17.2 Å². The molecule has 7 heteroatoms. The summed E-state index contributed by atoms with van der Waals surface area (Å²) in [4.78, 5) is 12.4. The van der Waals surface area contributed by atoms with E-state index in [9.17, 15) is 18.3 Å². The average Bonchev–Trinajstić information content (AvgIpc) is 2.89. The van der Waals surface area contributed by atoms with Crippen molar-refractivity contribution >= 4 is 15.8 Å². The summed E-state index contributed by atoms with van der Waals surface area (Å²) >= 11 is 0. The minimum atomic E-state index is -3.73. The van der Waals surface area contributed by atoms with Gasteiger partial charge in [-0.1, -0.05) is 56.3 Å². The highest BCUT2D eigenvalue weighted by atomic mass is 32.2. The van der Waals surface area contributed by atoms with Crippen molar-refractivity contribution in [3.05, 3.63) is 114 Å². The maximum absolute atomic E-state index is 12.7. The third-order valence-electron chi connectivity index (χ3n) is 5.94. The Kier molecular flexibility index (Phi) is 7.12. The molecule has 184 valence electrons. The fraction of sp³-hybridized carbons (Fsp3) is 0.138. The molecule has 0 unspecified atom stereocenters. The van der Waals surface area contributed by atoms with Gasteiger partial charge in [0.2, 0.25) is 9.84 Å². The molecule has 0 saturated carbocycles. The molecule has 0 aliphatic carbocycles. The van der Waals surface area contributed by atoms with Crippen LogP contribution in [0.4, 0.5) is 0 Å². The van der Waals surface area contributed by atoms with Crippen molar-refractivity contribution in [1.29, 1.82) is 0 Å². The summed E-state index contributed by atoms with van der Waals surface area (Å²) in [6.07, 6.45) is 0. The maximum Gasteiger partial charge on any atom is 0.349 e. The lowest BCUT2D eigenvalue weighted by atomic mass is 9.78. The topological polar surface area (TPSA) is 89.9 Å². The predicted molar refractivity (Wildman–Crippen MR) is 136 cm³/mol. The zero-order valence-electron chi connectivity index (χ0n) is 19.9. The monoisotopic (exact) mass is 502 g/mol. The van der Waals surface area contributed by atoms with E-state index in [1.54, 1.807) is 12.1 Å². The van der Waals surface area contributed by atoms with Gasteiger partial charge < -0.3 is 14.6 Å². The van der Waals surface area contributed by atoms with Gasteiger partial charge in [-0.15, -0.1) is 0 Å². The summed E-state index contributed by atoms with van der Waals surface area (Å²) in [5.41, 5.74) is 2.08. The number of carbonyl (C=O) groups is 1. The molecule has 0 atom stereocenters. The van der Waals surface area contributed by atoms with Crippen LogP contribution in [0.3, 0.4) is 0 Å². The Labute approximate surface area is 210 Å². The fourth-order valence-electron chi connectivity index (χ4n) is 3.74. The molecular weight excluding hydrogens is 476 g/mol. The molecule has 0 radical (unpaired) electrons. The summed E-state index contributed by atoms with van der Waals surface area (Å²) in [7, 11) is -3.73. The molecule has 0 aromatic heterocycles. The molecule has 0 aliphatic heterocycles. The van der Waals surface area contributed by atoms with Crippen molar-refractivity contribution < 1.29 is 27.8 Å². The summed E-state index contributed by atoms with van der Waals surface area (Å²) in [5.74, 6) is 0.144. The third-order valence-corrected chi connectivity index (χ3v) is 7.73. The molecule has 0 bridgehead atoms. The van der Waals surface area contributed by atoms with Gasteiger partial charge in [-0.25, -0.2) is 13.2 Å². The molecule has 0 amide bonds. The van der Waals surface area contributed by atoms with E-state index >= 15 is 0 Å². The molecule has 6 nitrogen and oxygen atoms in total. The molecule has 36 heavy (non-hydrogen) atoms. The van der Waals surface area contributed by atoms with Gasteiger partial charge in [-0.05, 0) is 71.8 Å². The van der Waals surface area contributed by atoms with Crippen LogP contribution in [-0.4, -0.2) is 26.1 Å². The quantitative estimate of drug-likeness (QED) is 0.252. The number of sulfone groups is 1. The molecule has 0 aliphatic rings. The van der Waals surface area contributed by atoms with E-state index in [1.165, 1.54) is 54.1 Å². The van der Waals surface area contributed by atoms with Gasteiger partial charge in [0.05, 0.1) is 9.79 Å². The van der Waals surface area contributed by atoms with Crippen LogP contribution in [-0.2, 0) is 20.0 Å². The average molecular weight is 503 g/mol. The second kappa shape index (κ2) is 10.3.